The van der Waals surface area contributed by atoms with Gasteiger partial charge in [-0.15, -0.1) is 0 Å². The van der Waals surface area contributed by atoms with Crippen LogP contribution in [0.3, 0.4) is 0 Å². The Hall–Kier alpha value is -2.30. The molecule has 1 aromatic carbocycles. The normalized spacial score (nSPS) is 10.5. The fourth-order valence-corrected chi connectivity index (χ4v) is 1.71. The zero-order chi connectivity index (χ0) is 14.0. The number of benzene rings is 1. The Morgan fingerprint density at radius 3 is 2.74 bits per heavy atom. The van der Waals surface area contributed by atoms with Crippen molar-refractivity contribution in [3.05, 3.63) is 52.7 Å². The van der Waals surface area contributed by atoms with E-state index in [2.05, 4.69) is 0 Å². The molecule has 0 amide bonds. The van der Waals surface area contributed by atoms with Gasteiger partial charge in [0.25, 0.3) is 0 Å². The van der Waals surface area contributed by atoms with Gasteiger partial charge in [0.1, 0.15) is 12.4 Å². The van der Waals surface area contributed by atoms with Gasteiger partial charge in [0.05, 0.1) is 0 Å². The molecule has 4 nitrogen and oxygen atoms in total. The van der Waals surface area contributed by atoms with Gasteiger partial charge >= 0.3 is 5.97 Å². The first-order valence-corrected chi connectivity index (χ1v) is 5.69. The lowest BCUT2D eigenvalue weighted by molar-refractivity contribution is 0.0657. The maximum absolute atomic E-state index is 13.7. The van der Waals surface area contributed by atoms with Crippen LogP contribution in [0.5, 0.6) is 5.75 Å². The SMILES string of the molecule is Cc1cc(COc2cccc(C)c2F)oc1C(=O)O. The maximum Gasteiger partial charge on any atom is 0.372 e. The van der Waals surface area contributed by atoms with Crippen molar-refractivity contribution < 1.29 is 23.4 Å². The highest BCUT2D eigenvalue weighted by molar-refractivity contribution is 5.86. The van der Waals surface area contributed by atoms with Gasteiger partial charge in [0, 0.05) is 5.56 Å². The molecule has 0 spiro atoms. The Balaban J connectivity index is 2.13. The van der Waals surface area contributed by atoms with Crippen molar-refractivity contribution in [1.29, 1.82) is 0 Å². The molecule has 5 heteroatoms. The van der Waals surface area contributed by atoms with Crippen LogP contribution < -0.4 is 4.74 Å². The van der Waals surface area contributed by atoms with Gasteiger partial charge in [-0.2, -0.15) is 0 Å². The zero-order valence-electron chi connectivity index (χ0n) is 10.6. The molecule has 19 heavy (non-hydrogen) atoms. The monoisotopic (exact) mass is 264 g/mol. The van der Waals surface area contributed by atoms with Crippen LogP contribution in [0.25, 0.3) is 0 Å². The summed E-state index contributed by atoms with van der Waals surface area (Å²) in [7, 11) is 0. The number of carbonyl (C=O) groups is 1. The molecule has 0 bridgehead atoms. The molecule has 0 saturated carbocycles. The van der Waals surface area contributed by atoms with E-state index in [1.54, 1.807) is 32.0 Å². The molecule has 0 fully saturated rings. The Kier molecular flexibility index (Phi) is 3.55. The van der Waals surface area contributed by atoms with E-state index >= 15 is 0 Å². The standard InChI is InChI=1S/C14H13FO4/c1-8-4-3-5-11(12(8)15)18-7-10-6-9(2)13(19-10)14(16)17/h3-6H,7H2,1-2H3,(H,16,17). The number of carboxylic acids is 1. The summed E-state index contributed by atoms with van der Waals surface area (Å²) in [5.74, 6) is -1.22. The highest BCUT2D eigenvalue weighted by atomic mass is 19.1. The third kappa shape index (κ3) is 2.76. The van der Waals surface area contributed by atoms with Crippen LogP contribution in [-0.4, -0.2) is 11.1 Å². The van der Waals surface area contributed by atoms with Crippen molar-refractivity contribution in [3.8, 4) is 5.75 Å². The number of ether oxygens (including phenoxy) is 1. The number of aryl methyl sites for hydroxylation is 2. The van der Waals surface area contributed by atoms with Crippen molar-refractivity contribution in [2.24, 2.45) is 0 Å². The summed E-state index contributed by atoms with van der Waals surface area (Å²) in [4.78, 5) is 10.8. The molecule has 0 aliphatic heterocycles. The summed E-state index contributed by atoms with van der Waals surface area (Å²) < 4.78 is 24.1. The third-order valence-corrected chi connectivity index (χ3v) is 2.69. The number of aromatic carboxylic acids is 1. The first-order chi connectivity index (χ1) is 8.99. The number of hydrogen-bond donors (Lipinski definition) is 1. The molecule has 2 rings (SSSR count). The van der Waals surface area contributed by atoms with Crippen molar-refractivity contribution in [2.75, 3.05) is 0 Å². The van der Waals surface area contributed by atoms with Crippen LogP contribution in [0.15, 0.2) is 28.7 Å². The van der Waals surface area contributed by atoms with E-state index in [9.17, 15) is 9.18 Å². The van der Waals surface area contributed by atoms with Gasteiger partial charge in [-0.1, -0.05) is 12.1 Å². The van der Waals surface area contributed by atoms with E-state index in [0.717, 1.165) is 0 Å². The average molecular weight is 264 g/mol. The largest absolute Gasteiger partial charge is 0.483 e. The minimum atomic E-state index is -1.13. The molecular formula is C14H13FO4. The first kappa shape index (κ1) is 13.1. The molecule has 0 unspecified atom stereocenters. The Labute approximate surface area is 109 Å². The lowest BCUT2D eigenvalue weighted by Gasteiger charge is -2.06. The van der Waals surface area contributed by atoms with Crippen molar-refractivity contribution in [3.63, 3.8) is 0 Å². The molecule has 100 valence electrons. The van der Waals surface area contributed by atoms with Crippen LogP contribution in [0, 0.1) is 19.7 Å². The van der Waals surface area contributed by atoms with Crippen LogP contribution >= 0.6 is 0 Å². The zero-order valence-corrected chi connectivity index (χ0v) is 10.6. The second-order valence-electron chi connectivity index (χ2n) is 4.21. The number of rotatable bonds is 4. The maximum atomic E-state index is 13.7. The first-order valence-electron chi connectivity index (χ1n) is 5.69. The minimum absolute atomic E-state index is 0.0194. The summed E-state index contributed by atoms with van der Waals surface area (Å²) in [5.41, 5.74) is 0.996. The van der Waals surface area contributed by atoms with Gasteiger partial charge in [0.2, 0.25) is 5.76 Å². The fourth-order valence-electron chi connectivity index (χ4n) is 1.71. The van der Waals surface area contributed by atoms with E-state index in [1.807, 2.05) is 0 Å². The second kappa shape index (κ2) is 5.14. The highest BCUT2D eigenvalue weighted by Gasteiger charge is 2.15. The molecule has 0 radical (unpaired) electrons. The lowest BCUT2D eigenvalue weighted by atomic mass is 10.2. The molecule has 1 aromatic heterocycles. The van der Waals surface area contributed by atoms with Gasteiger partial charge in [-0.3, -0.25) is 0 Å². The van der Waals surface area contributed by atoms with Crippen molar-refractivity contribution in [2.45, 2.75) is 20.5 Å². The van der Waals surface area contributed by atoms with Crippen LogP contribution in [-0.2, 0) is 6.61 Å². The Morgan fingerprint density at radius 1 is 1.37 bits per heavy atom. The Bertz CT molecular complexity index is 616. The Morgan fingerprint density at radius 2 is 2.11 bits per heavy atom. The minimum Gasteiger partial charge on any atom is -0.483 e. The molecule has 0 saturated heterocycles. The highest BCUT2D eigenvalue weighted by Crippen LogP contribution is 2.22. The number of hydrogen-bond acceptors (Lipinski definition) is 3. The molecule has 0 aliphatic rings. The van der Waals surface area contributed by atoms with Crippen LogP contribution in [0.2, 0.25) is 0 Å². The summed E-state index contributed by atoms with van der Waals surface area (Å²) in [6.45, 7) is 3.25. The molecule has 0 atom stereocenters. The smallest absolute Gasteiger partial charge is 0.372 e. The third-order valence-electron chi connectivity index (χ3n) is 2.69. The molecule has 1 N–H and O–H groups in total. The molecule has 1 heterocycles. The van der Waals surface area contributed by atoms with Crippen molar-refractivity contribution in [1.82, 2.24) is 0 Å². The van der Waals surface area contributed by atoms with E-state index in [1.165, 1.54) is 6.07 Å². The predicted molar refractivity (Wildman–Crippen MR) is 65.9 cm³/mol. The molecular weight excluding hydrogens is 251 g/mol. The van der Waals surface area contributed by atoms with E-state index < -0.39 is 11.8 Å². The quantitative estimate of drug-likeness (QED) is 0.920. The van der Waals surface area contributed by atoms with E-state index in [0.29, 0.717) is 16.9 Å². The van der Waals surface area contributed by atoms with Crippen LogP contribution in [0.1, 0.15) is 27.4 Å². The topological polar surface area (TPSA) is 59.7 Å². The number of carboxylic acid groups (broad SMARTS) is 1. The molecule has 2 aromatic rings. The lowest BCUT2D eigenvalue weighted by Crippen LogP contribution is -1.98. The summed E-state index contributed by atoms with van der Waals surface area (Å²) >= 11 is 0. The van der Waals surface area contributed by atoms with Crippen LogP contribution in [0.4, 0.5) is 4.39 Å². The summed E-state index contributed by atoms with van der Waals surface area (Å²) in [6, 6.07) is 6.40. The van der Waals surface area contributed by atoms with E-state index in [4.69, 9.17) is 14.3 Å². The predicted octanol–water partition coefficient (Wildman–Crippen LogP) is 3.31. The summed E-state index contributed by atoms with van der Waals surface area (Å²) in [6.07, 6.45) is 0. The van der Waals surface area contributed by atoms with Gasteiger partial charge in [0.15, 0.2) is 11.6 Å². The second-order valence-corrected chi connectivity index (χ2v) is 4.21. The average Bonchev–Trinajstić information content (AvgIpc) is 2.73. The van der Waals surface area contributed by atoms with Crippen molar-refractivity contribution >= 4 is 5.97 Å². The number of furan rings is 1. The van der Waals surface area contributed by atoms with E-state index in [-0.39, 0.29) is 18.1 Å². The van der Waals surface area contributed by atoms with Gasteiger partial charge in [-0.05, 0) is 31.5 Å². The fraction of sp³-hybridized carbons (Fsp3) is 0.214. The van der Waals surface area contributed by atoms with Gasteiger partial charge < -0.3 is 14.3 Å². The summed E-state index contributed by atoms with van der Waals surface area (Å²) in [5, 5.41) is 8.85. The van der Waals surface area contributed by atoms with Gasteiger partial charge in [-0.25, -0.2) is 9.18 Å². The molecule has 0 aliphatic carbocycles. The number of halogens is 1.